The van der Waals surface area contributed by atoms with Crippen molar-refractivity contribution in [1.29, 1.82) is 0 Å². The van der Waals surface area contributed by atoms with E-state index in [1.165, 1.54) is 17.2 Å². The maximum atomic E-state index is 4.57. The van der Waals surface area contributed by atoms with Crippen molar-refractivity contribution in [2.24, 2.45) is 0 Å². The number of rotatable bonds is 7. The molecule has 1 aliphatic heterocycles. The molecular weight excluding hydrogens is 366 g/mol. The zero-order valence-corrected chi connectivity index (χ0v) is 16.4. The summed E-state index contributed by atoms with van der Waals surface area (Å²) in [5.41, 5.74) is 1.33. The number of hydrogen-bond donors (Lipinski definition) is 1. The molecule has 3 unspecified atom stereocenters. The molecule has 2 heterocycles. The number of nitrogens with one attached hydrogen (secondary N) is 1. The molecule has 1 aromatic rings. The summed E-state index contributed by atoms with van der Waals surface area (Å²) in [4.78, 5) is 0. The Morgan fingerprint density at radius 1 is 1.38 bits per heavy atom. The van der Waals surface area contributed by atoms with Crippen molar-refractivity contribution in [3.63, 3.8) is 0 Å². The van der Waals surface area contributed by atoms with Gasteiger partial charge in [0.1, 0.15) is 0 Å². The van der Waals surface area contributed by atoms with Gasteiger partial charge in [0.25, 0.3) is 0 Å². The average molecular weight is 392 g/mol. The van der Waals surface area contributed by atoms with Gasteiger partial charge >= 0.3 is 0 Å². The van der Waals surface area contributed by atoms with E-state index >= 15 is 0 Å². The highest BCUT2D eigenvalue weighted by Crippen LogP contribution is 2.40. The zero-order chi connectivity index (χ0) is 15.2. The van der Waals surface area contributed by atoms with E-state index in [4.69, 9.17) is 0 Å². The first-order chi connectivity index (χ1) is 10.2. The molecule has 2 rings (SSSR count). The van der Waals surface area contributed by atoms with Gasteiger partial charge in [0.05, 0.1) is 22.4 Å². The van der Waals surface area contributed by atoms with Crippen LogP contribution in [0.1, 0.15) is 45.3 Å². The van der Waals surface area contributed by atoms with Gasteiger partial charge in [0.15, 0.2) is 0 Å². The Morgan fingerprint density at radius 2 is 2.14 bits per heavy atom. The van der Waals surface area contributed by atoms with Crippen LogP contribution in [0.25, 0.3) is 0 Å². The molecule has 1 fully saturated rings. The lowest BCUT2D eigenvalue weighted by Gasteiger charge is -2.35. The van der Waals surface area contributed by atoms with Crippen molar-refractivity contribution < 1.29 is 0 Å². The van der Waals surface area contributed by atoms with Gasteiger partial charge < -0.3 is 5.32 Å². The van der Waals surface area contributed by atoms with Crippen LogP contribution in [0.2, 0.25) is 0 Å². The molecule has 120 valence electrons. The Hall–Kier alpha value is 0.350. The fourth-order valence-electron chi connectivity index (χ4n) is 2.76. The van der Waals surface area contributed by atoms with E-state index in [9.17, 15) is 0 Å². The van der Waals surface area contributed by atoms with Crippen LogP contribution in [0.5, 0.6) is 0 Å². The van der Waals surface area contributed by atoms with Gasteiger partial charge in [-0.1, -0.05) is 20.8 Å². The first-order valence-corrected chi connectivity index (χ1v) is 10.8. The van der Waals surface area contributed by atoms with Gasteiger partial charge in [-0.15, -0.1) is 0 Å². The summed E-state index contributed by atoms with van der Waals surface area (Å²) in [6.45, 7) is 8.86. The monoisotopic (exact) mass is 391 g/mol. The highest BCUT2D eigenvalue weighted by molar-refractivity contribution is 9.10. The molecule has 0 amide bonds. The maximum Gasteiger partial charge on any atom is 0.0707 e. The first-order valence-electron chi connectivity index (χ1n) is 7.86. The van der Waals surface area contributed by atoms with E-state index < -0.39 is 0 Å². The topological polar surface area (TPSA) is 29.9 Å². The van der Waals surface area contributed by atoms with Gasteiger partial charge in [0, 0.05) is 28.6 Å². The molecule has 6 heteroatoms. The predicted octanol–water partition coefficient (Wildman–Crippen LogP) is 4.33. The van der Waals surface area contributed by atoms with Crippen LogP contribution in [-0.2, 0) is 6.54 Å². The highest BCUT2D eigenvalue weighted by atomic mass is 79.9. The summed E-state index contributed by atoms with van der Waals surface area (Å²) < 4.78 is 3.33. The van der Waals surface area contributed by atoms with Crippen molar-refractivity contribution in [3.8, 4) is 0 Å². The average Bonchev–Trinajstić information content (AvgIpc) is 2.83. The third-order valence-corrected chi connectivity index (χ3v) is 7.55. The van der Waals surface area contributed by atoms with Crippen LogP contribution < -0.4 is 5.32 Å². The normalized spacial score (nSPS) is 24.2. The molecule has 0 aromatic carbocycles. The van der Waals surface area contributed by atoms with Gasteiger partial charge in [-0.05, 0) is 35.3 Å². The lowest BCUT2D eigenvalue weighted by molar-refractivity contribution is 0.454. The van der Waals surface area contributed by atoms with Crippen molar-refractivity contribution in [2.75, 3.05) is 18.1 Å². The third kappa shape index (κ3) is 4.43. The largest absolute Gasteiger partial charge is 0.308 e. The van der Waals surface area contributed by atoms with Crippen LogP contribution in [0, 0.1) is 0 Å². The summed E-state index contributed by atoms with van der Waals surface area (Å²) in [7, 11) is 0. The minimum atomic E-state index is 0.376. The Bertz CT molecular complexity index is 439. The quantitative estimate of drug-likeness (QED) is 0.748. The van der Waals surface area contributed by atoms with Crippen LogP contribution in [0.3, 0.4) is 0 Å². The summed E-state index contributed by atoms with van der Waals surface area (Å²) in [5, 5.41) is 9.64. The summed E-state index contributed by atoms with van der Waals surface area (Å²) >= 11 is 7.95. The second-order valence-electron chi connectivity index (χ2n) is 5.44. The molecule has 1 saturated heterocycles. The third-order valence-electron chi connectivity index (χ3n) is 3.74. The van der Waals surface area contributed by atoms with Crippen molar-refractivity contribution in [2.45, 2.75) is 56.7 Å². The Kier molecular flexibility index (Phi) is 7.46. The van der Waals surface area contributed by atoms with E-state index in [1.54, 1.807) is 0 Å². The SMILES string of the molecule is CCCNC(c1c(Br)cnn1CCC)C1SCCSC1C. The molecule has 3 nitrogen and oxygen atoms in total. The molecule has 0 aliphatic carbocycles. The lowest BCUT2D eigenvalue weighted by Crippen LogP contribution is -2.39. The van der Waals surface area contributed by atoms with Gasteiger partial charge in [-0.25, -0.2) is 0 Å². The van der Waals surface area contributed by atoms with E-state index in [1.807, 2.05) is 6.20 Å². The molecule has 1 aliphatic rings. The molecule has 21 heavy (non-hydrogen) atoms. The Labute approximate surface area is 145 Å². The second kappa shape index (κ2) is 8.85. The van der Waals surface area contributed by atoms with Crippen LogP contribution in [-0.4, -0.2) is 38.3 Å². The number of nitrogens with zero attached hydrogens (tertiary/aromatic N) is 2. The second-order valence-corrected chi connectivity index (χ2v) is 9.07. The molecule has 3 atom stereocenters. The number of aryl methyl sites for hydroxylation is 1. The lowest BCUT2D eigenvalue weighted by atomic mass is 10.1. The zero-order valence-electron chi connectivity index (χ0n) is 13.1. The fourth-order valence-corrected chi connectivity index (χ4v) is 6.22. The number of hydrogen-bond acceptors (Lipinski definition) is 4. The molecular formula is C15H26BrN3S2. The molecule has 1 aromatic heterocycles. The molecule has 0 spiro atoms. The molecule has 0 bridgehead atoms. The highest BCUT2D eigenvalue weighted by Gasteiger charge is 2.34. The fraction of sp³-hybridized carbons (Fsp3) is 0.800. The summed E-state index contributed by atoms with van der Waals surface area (Å²) in [6.07, 6.45) is 4.23. The van der Waals surface area contributed by atoms with Crippen LogP contribution in [0.4, 0.5) is 0 Å². The van der Waals surface area contributed by atoms with Gasteiger partial charge in [0.2, 0.25) is 0 Å². The molecule has 0 radical (unpaired) electrons. The molecule has 1 N–H and O–H groups in total. The van der Waals surface area contributed by atoms with Gasteiger partial charge in [-0.2, -0.15) is 28.6 Å². The smallest absolute Gasteiger partial charge is 0.0707 e. The summed E-state index contributed by atoms with van der Waals surface area (Å²) in [5.74, 6) is 2.53. The number of aromatic nitrogens is 2. The van der Waals surface area contributed by atoms with E-state index in [-0.39, 0.29) is 0 Å². The molecule has 0 saturated carbocycles. The Morgan fingerprint density at radius 3 is 2.81 bits per heavy atom. The van der Waals surface area contributed by atoms with Crippen molar-refractivity contribution in [3.05, 3.63) is 16.4 Å². The number of halogens is 1. The van der Waals surface area contributed by atoms with E-state index in [0.29, 0.717) is 16.5 Å². The van der Waals surface area contributed by atoms with Gasteiger partial charge in [-0.3, -0.25) is 4.68 Å². The minimum absolute atomic E-state index is 0.376. The predicted molar refractivity (Wildman–Crippen MR) is 99.4 cm³/mol. The minimum Gasteiger partial charge on any atom is -0.308 e. The summed E-state index contributed by atoms with van der Waals surface area (Å²) in [6, 6.07) is 0.376. The first kappa shape index (κ1) is 17.7. The van der Waals surface area contributed by atoms with E-state index in [2.05, 4.69) is 75.3 Å². The van der Waals surface area contributed by atoms with Crippen LogP contribution in [0.15, 0.2) is 10.7 Å². The standard InChI is InChI=1S/C15H26BrN3S2/c1-4-6-17-13(15-11(3)20-8-9-21-15)14-12(16)10-18-19(14)7-5-2/h10-11,13,15,17H,4-9H2,1-3H3. The van der Waals surface area contributed by atoms with Crippen LogP contribution >= 0.6 is 39.5 Å². The maximum absolute atomic E-state index is 4.57. The van der Waals surface area contributed by atoms with Crippen molar-refractivity contribution in [1.82, 2.24) is 15.1 Å². The van der Waals surface area contributed by atoms with Crippen molar-refractivity contribution >= 4 is 39.5 Å². The van der Waals surface area contributed by atoms with E-state index in [0.717, 1.165) is 30.4 Å². The number of thioether (sulfide) groups is 2. The Balaban J connectivity index is 2.28.